The van der Waals surface area contributed by atoms with Crippen molar-refractivity contribution < 1.29 is 9.53 Å². The first kappa shape index (κ1) is 11.7. The van der Waals surface area contributed by atoms with Gasteiger partial charge in [0.2, 0.25) is 0 Å². The van der Waals surface area contributed by atoms with Crippen molar-refractivity contribution in [2.75, 3.05) is 7.11 Å². The van der Waals surface area contributed by atoms with Crippen LogP contribution in [0, 0.1) is 11.8 Å². The van der Waals surface area contributed by atoms with E-state index in [4.69, 9.17) is 4.74 Å². The predicted molar refractivity (Wildman–Crippen MR) is 78.0 cm³/mol. The fourth-order valence-corrected chi connectivity index (χ4v) is 3.89. The van der Waals surface area contributed by atoms with Crippen LogP contribution in [0.5, 0.6) is 0 Å². The lowest BCUT2D eigenvalue weighted by Crippen LogP contribution is -2.31. The van der Waals surface area contributed by atoms with Crippen molar-refractivity contribution in [1.82, 2.24) is 0 Å². The van der Waals surface area contributed by atoms with Crippen molar-refractivity contribution in [2.45, 2.75) is 12.8 Å². The summed E-state index contributed by atoms with van der Waals surface area (Å²) >= 11 is 0. The fourth-order valence-electron chi connectivity index (χ4n) is 3.89. The van der Waals surface area contributed by atoms with Crippen LogP contribution in [0.3, 0.4) is 0 Å². The van der Waals surface area contributed by atoms with E-state index in [0.29, 0.717) is 5.92 Å². The highest BCUT2D eigenvalue weighted by Crippen LogP contribution is 2.46. The van der Waals surface area contributed by atoms with E-state index in [1.807, 2.05) is 0 Å². The van der Waals surface area contributed by atoms with E-state index in [1.165, 1.54) is 34.3 Å². The summed E-state index contributed by atoms with van der Waals surface area (Å²) in [7, 11) is 1.49. The number of benzene rings is 1. The van der Waals surface area contributed by atoms with Gasteiger partial charge in [0.1, 0.15) is 0 Å². The van der Waals surface area contributed by atoms with Gasteiger partial charge in [-0.2, -0.15) is 0 Å². The van der Waals surface area contributed by atoms with Gasteiger partial charge < -0.3 is 4.74 Å². The molecule has 2 atom stereocenters. The molecule has 0 N–H and O–H groups in total. The normalized spacial score (nSPS) is 25.9. The number of carbonyl (C=O) groups excluding carboxylic acids is 1. The second-order valence-corrected chi connectivity index (χ2v) is 5.60. The molecule has 0 aliphatic heterocycles. The number of methoxy groups -OCH3 is 1. The number of rotatable bonds is 1. The van der Waals surface area contributed by atoms with E-state index >= 15 is 0 Å². The Hall–Kier alpha value is -2.09. The zero-order valence-electron chi connectivity index (χ0n) is 11.4. The second kappa shape index (κ2) is 4.20. The lowest BCUT2D eigenvalue weighted by Gasteiger charge is -2.33. The summed E-state index contributed by atoms with van der Waals surface area (Å²) in [5, 5.41) is 2.52. The lowest BCUT2D eigenvalue weighted by atomic mass is 9.71. The monoisotopic (exact) mass is 264 g/mol. The van der Waals surface area contributed by atoms with Gasteiger partial charge in [0.15, 0.2) is 0 Å². The van der Waals surface area contributed by atoms with Gasteiger partial charge in [0, 0.05) is 5.92 Å². The zero-order valence-corrected chi connectivity index (χ0v) is 11.4. The molecule has 0 radical (unpaired) electrons. The first-order valence-electron chi connectivity index (χ1n) is 7.09. The van der Waals surface area contributed by atoms with Crippen LogP contribution in [0.1, 0.15) is 12.8 Å². The highest BCUT2D eigenvalue weighted by molar-refractivity contribution is 5.92. The topological polar surface area (TPSA) is 26.3 Å². The lowest BCUT2D eigenvalue weighted by molar-refractivity contribution is -0.143. The van der Waals surface area contributed by atoms with Crippen LogP contribution in [-0.2, 0) is 9.53 Å². The Balaban J connectivity index is 2.05. The Kier molecular flexibility index (Phi) is 2.46. The van der Waals surface area contributed by atoms with E-state index in [-0.39, 0.29) is 11.9 Å². The fraction of sp³-hybridized carbons (Fsp3) is 0.278. The third-order valence-electron chi connectivity index (χ3n) is 4.71. The molecular formula is C18H16O2. The Morgan fingerprint density at radius 1 is 1.25 bits per heavy atom. The zero-order chi connectivity index (χ0) is 13.7. The van der Waals surface area contributed by atoms with Gasteiger partial charge >= 0.3 is 5.97 Å². The predicted octanol–water partition coefficient (Wildman–Crippen LogP) is 1.70. The summed E-state index contributed by atoms with van der Waals surface area (Å²) < 4.78 is 5.03. The van der Waals surface area contributed by atoms with Gasteiger partial charge in [-0.05, 0) is 34.4 Å². The minimum absolute atomic E-state index is 0.0905. The molecule has 0 spiro atoms. The van der Waals surface area contributed by atoms with Crippen molar-refractivity contribution in [1.29, 1.82) is 0 Å². The smallest absolute Gasteiger partial charge is 0.312 e. The number of fused-ring (bicyclic) bond motifs is 1. The van der Waals surface area contributed by atoms with Crippen LogP contribution in [0.2, 0.25) is 0 Å². The first-order valence-corrected chi connectivity index (χ1v) is 7.09. The van der Waals surface area contributed by atoms with Gasteiger partial charge in [-0.15, -0.1) is 0 Å². The molecule has 2 nitrogen and oxygen atoms in total. The second-order valence-electron chi connectivity index (χ2n) is 5.60. The Morgan fingerprint density at radius 2 is 2.05 bits per heavy atom. The van der Waals surface area contributed by atoms with E-state index in [2.05, 4.69) is 42.5 Å². The minimum atomic E-state index is -0.0929. The molecule has 0 saturated heterocycles. The van der Waals surface area contributed by atoms with Gasteiger partial charge in [-0.3, -0.25) is 4.79 Å². The molecule has 3 aliphatic rings. The highest BCUT2D eigenvalue weighted by Gasteiger charge is 2.40. The van der Waals surface area contributed by atoms with Crippen LogP contribution in [0.4, 0.5) is 0 Å². The molecule has 1 aromatic rings. The molecule has 1 aromatic carbocycles. The van der Waals surface area contributed by atoms with E-state index in [1.54, 1.807) is 0 Å². The van der Waals surface area contributed by atoms with Gasteiger partial charge in [0.25, 0.3) is 0 Å². The Bertz CT molecular complexity index is 780. The summed E-state index contributed by atoms with van der Waals surface area (Å²) in [5.74, 6) is 0.118. The van der Waals surface area contributed by atoms with Crippen molar-refractivity contribution in [3.05, 3.63) is 58.5 Å². The molecule has 0 unspecified atom stereocenters. The number of esters is 1. The molecule has 0 heterocycles. The van der Waals surface area contributed by atoms with Crippen LogP contribution in [0.25, 0.3) is 11.1 Å². The minimum Gasteiger partial charge on any atom is -0.469 e. The highest BCUT2D eigenvalue weighted by atomic mass is 16.5. The average Bonchev–Trinajstić information content (AvgIpc) is 2.85. The molecule has 3 aliphatic carbocycles. The average molecular weight is 264 g/mol. The summed E-state index contributed by atoms with van der Waals surface area (Å²) in [6.45, 7) is 0. The standard InChI is InChI=1S/C18H16O2/c1-20-18(19)15-10-9-11-5-4-8-13-12-6-2-3-7-14(12)17(15)16(11)13/h2-8,15-16H,9-10H2,1H3/t15-,16+/m1/s1. The summed E-state index contributed by atoms with van der Waals surface area (Å²) in [6.07, 6.45) is 8.39. The van der Waals surface area contributed by atoms with Crippen molar-refractivity contribution in [3.63, 3.8) is 0 Å². The largest absolute Gasteiger partial charge is 0.469 e. The molecule has 0 amide bonds. The quantitative estimate of drug-likeness (QED) is 0.722. The molecule has 20 heavy (non-hydrogen) atoms. The molecule has 2 heteroatoms. The van der Waals surface area contributed by atoms with Gasteiger partial charge in [-0.1, -0.05) is 48.1 Å². The molecule has 100 valence electrons. The van der Waals surface area contributed by atoms with E-state index < -0.39 is 0 Å². The van der Waals surface area contributed by atoms with Crippen LogP contribution in [0.15, 0.2) is 48.1 Å². The van der Waals surface area contributed by atoms with Gasteiger partial charge in [-0.25, -0.2) is 0 Å². The van der Waals surface area contributed by atoms with Crippen LogP contribution in [-0.4, -0.2) is 13.1 Å². The SMILES string of the molecule is COC(=O)[C@@H]1CCC2=CC=CC3=c4ccccc4=C1[C@@H]23. The summed E-state index contributed by atoms with van der Waals surface area (Å²) in [5.41, 5.74) is 4.04. The van der Waals surface area contributed by atoms with Crippen molar-refractivity contribution in [2.24, 2.45) is 11.8 Å². The maximum atomic E-state index is 12.1. The molecule has 1 saturated carbocycles. The van der Waals surface area contributed by atoms with Gasteiger partial charge in [0.05, 0.1) is 13.0 Å². The first-order chi connectivity index (χ1) is 9.81. The van der Waals surface area contributed by atoms with Crippen molar-refractivity contribution >= 4 is 17.1 Å². The number of ether oxygens (including phenoxy) is 1. The molecule has 4 rings (SSSR count). The van der Waals surface area contributed by atoms with Crippen LogP contribution >= 0.6 is 0 Å². The summed E-state index contributed by atoms with van der Waals surface area (Å²) in [4.78, 5) is 12.1. The number of hydrogen-bond donors (Lipinski definition) is 0. The van der Waals surface area contributed by atoms with Crippen LogP contribution < -0.4 is 10.4 Å². The molecular weight excluding hydrogens is 248 g/mol. The molecule has 0 aromatic heterocycles. The summed E-state index contributed by atoms with van der Waals surface area (Å²) in [6, 6.07) is 8.43. The van der Waals surface area contributed by atoms with E-state index in [0.717, 1.165) is 12.8 Å². The van der Waals surface area contributed by atoms with Crippen molar-refractivity contribution in [3.8, 4) is 0 Å². The van der Waals surface area contributed by atoms with E-state index in [9.17, 15) is 4.79 Å². The molecule has 0 bridgehead atoms. The maximum absolute atomic E-state index is 12.1. The molecule has 1 fully saturated rings. The Labute approximate surface area is 117 Å². The number of carbonyl (C=O) groups is 1. The number of allylic oxidation sites excluding steroid dienone is 4. The number of hydrogen-bond acceptors (Lipinski definition) is 2. The third-order valence-corrected chi connectivity index (χ3v) is 4.71. The Morgan fingerprint density at radius 3 is 2.85 bits per heavy atom. The third kappa shape index (κ3) is 1.42. The maximum Gasteiger partial charge on any atom is 0.312 e.